The molecule has 1 atom stereocenters. The highest BCUT2D eigenvalue weighted by Gasteiger charge is 2.14. The predicted molar refractivity (Wildman–Crippen MR) is 104 cm³/mol. The number of nitrogens with zero attached hydrogens (tertiary/aromatic N) is 2. The molecule has 1 N–H and O–H groups in total. The Labute approximate surface area is 152 Å². The number of rotatable bonds is 6. The Balaban J connectivity index is 1.44. The van der Waals surface area contributed by atoms with Gasteiger partial charge in [-0.2, -0.15) is 0 Å². The fourth-order valence-corrected chi connectivity index (χ4v) is 3.32. The Morgan fingerprint density at radius 2 is 1.77 bits per heavy atom. The number of aliphatic hydroxyl groups excluding tert-OH is 1. The van der Waals surface area contributed by atoms with E-state index in [-0.39, 0.29) is 0 Å². The number of fused-ring (bicyclic) bond motifs is 2. The van der Waals surface area contributed by atoms with Crippen molar-refractivity contribution in [3.8, 4) is 5.75 Å². The average Bonchev–Trinajstić information content (AvgIpc) is 3.04. The molecule has 0 unspecified atom stereocenters. The molecule has 0 spiro atoms. The lowest BCUT2D eigenvalue weighted by molar-refractivity contribution is 0.183. The van der Waals surface area contributed by atoms with Crippen LogP contribution in [0.2, 0.25) is 0 Å². The van der Waals surface area contributed by atoms with Crippen LogP contribution in [0, 0.1) is 0 Å². The summed E-state index contributed by atoms with van der Waals surface area (Å²) in [5.74, 6) is 1.59. The number of aryl methyl sites for hydroxylation is 1. The first-order valence-electron chi connectivity index (χ1n) is 8.97. The lowest BCUT2D eigenvalue weighted by atomic mass is 10.1. The smallest absolute Gasteiger partial charge is 0.138 e. The highest BCUT2D eigenvalue weighted by atomic mass is 16.5. The van der Waals surface area contributed by atoms with E-state index in [0.29, 0.717) is 12.4 Å². The lowest BCUT2D eigenvalue weighted by Crippen LogP contribution is -2.09. The Hall–Kier alpha value is -2.85. The van der Waals surface area contributed by atoms with Crippen LogP contribution >= 0.6 is 0 Å². The van der Waals surface area contributed by atoms with Gasteiger partial charge in [0.25, 0.3) is 0 Å². The van der Waals surface area contributed by atoms with Crippen LogP contribution in [0.5, 0.6) is 5.75 Å². The van der Waals surface area contributed by atoms with Gasteiger partial charge in [0.15, 0.2) is 0 Å². The number of benzene rings is 3. The van der Waals surface area contributed by atoms with Crippen LogP contribution in [-0.4, -0.2) is 21.3 Å². The number of imidazole rings is 1. The van der Waals surface area contributed by atoms with Crippen LogP contribution in [0.3, 0.4) is 0 Å². The molecule has 0 radical (unpaired) electrons. The van der Waals surface area contributed by atoms with Crippen molar-refractivity contribution in [2.75, 3.05) is 6.61 Å². The number of hydrogen-bond donors (Lipinski definition) is 1. The first-order valence-corrected chi connectivity index (χ1v) is 8.97. The molecule has 0 aliphatic heterocycles. The molecule has 0 saturated carbocycles. The normalized spacial score (nSPS) is 12.5. The minimum absolute atomic E-state index is 0.594. The van der Waals surface area contributed by atoms with Crippen LogP contribution in [0.25, 0.3) is 21.8 Å². The Bertz CT molecular complexity index is 1040. The predicted octanol–water partition coefficient (Wildman–Crippen LogP) is 4.71. The molecule has 4 aromatic rings. The summed E-state index contributed by atoms with van der Waals surface area (Å²) in [6, 6.07) is 22.4. The average molecular weight is 346 g/mol. The highest BCUT2D eigenvalue weighted by molar-refractivity contribution is 5.83. The molecule has 0 aliphatic carbocycles. The summed E-state index contributed by atoms with van der Waals surface area (Å²) in [5.41, 5.74) is 1.97. The van der Waals surface area contributed by atoms with Gasteiger partial charge in [-0.25, -0.2) is 4.98 Å². The van der Waals surface area contributed by atoms with Crippen molar-refractivity contribution in [3.05, 3.63) is 72.6 Å². The highest BCUT2D eigenvalue weighted by Crippen LogP contribution is 2.22. The van der Waals surface area contributed by atoms with Gasteiger partial charge in [0.2, 0.25) is 0 Å². The van der Waals surface area contributed by atoms with Crippen molar-refractivity contribution in [3.63, 3.8) is 0 Å². The van der Waals surface area contributed by atoms with Crippen LogP contribution in [0.4, 0.5) is 0 Å². The number of aromatic nitrogens is 2. The number of hydrogen-bond acceptors (Lipinski definition) is 3. The van der Waals surface area contributed by atoms with Gasteiger partial charge in [-0.15, -0.1) is 0 Å². The van der Waals surface area contributed by atoms with Crippen LogP contribution in [0.15, 0.2) is 66.7 Å². The van der Waals surface area contributed by atoms with Crippen LogP contribution in [0.1, 0.15) is 25.3 Å². The molecule has 4 heteroatoms. The second-order valence-electron chi connectivity index (χ2n) is 6.50. The lowest BCUT2D eigenvalue weighted by Gasteiger charge is -2.12. The Morgan fingerprint density at radius 1 is 1.00 bits per heavy atom. The summed E-state index contributed by atoms with van der Waals surface area (Å²) in [7, 11) is 0. The van der Waals surface area contributed by atoms with E-state index in [1.165, 1.54) is 10.8 Å². The van der Waals surface area contributed by atoms with E-state index < -0.39 is 6.10 Å². The zero-order valence-electron chi connectivity index (χ0n) is 14.8. The zero-order chi connectivity index (χ0) is 17.9. The maximum absolute atomic E-state index is 10.0. The monoisotopic (exact) mass is 346 g/mol. The van der Waals surface area contributed by atoms with Crippen molar-refractivity contribution in [1.82, 2.24) is 9.55 Å². The van der Waals surface area contributed by atoms with Gasteiger partial charge in [0, 0.05) is 6.54 Å². The summed E-state index contributed by atoms with van der Waals surface area (Å²) in [4.78, 5) is 4.56. The number of para-hydroxylation sites is 2. The molecular formula is C22H22N2O2. The second kappa shape index (κ2) is 7.18. The molecule has 132 valence electrons. The quantitative estimate of drug-likeness (QED) is 0.514. The molecule has 1 aromatic heterocycles. The van der Waals surface area contributed by atoms with Gasteiger partial charge in [0.1, 0.15) is 17.7 Å². The first-order chi connectivity index (χ1) is 12.7. The maximum Gasteiger partial charge on any atom is 0.138 e. The molecule has 0 fully saturated rings. The molecule has 26 heavy (non-hydrogen) atoms. The molecule has 3 aromatic carbocycles. The summed E-state index contributed by atoms with van der Waals surface area (Å²) in [6.07, 6.45) is 0.246. The van der Waals surface area contributed by atoms with Crippen molar-refractivity contribution >= 4 is 21.8 Å². The number of aliphatic hydroxyl groups is 1. The third-order valence-corrected chi connectivity index (χ3v) is 4.57. The molecule has 1 heterocycles. The van der Waals surface area contributed by atoms with E-state index in [1.807, 2.05) is 42.5 Å². The second-order valence-corrected chi connectivity index (χ2v) is 6.50. The molecule has 0 saturated heterocycles. The van der Waals surface area contributed by atoms with Crippen molar-refractivity contribution in [2.45, 2.75) is 26.0 Å². The van der Waals surface area contributed by atoms with Gasteiger partial charge >= 0.3 is 0 Å². The van der Waals surface area contributed by atoms with Gasteiger partial charge in [-0.05, 0) is 48.4 Å². The third kappa shape index (κ3) is 3.28. The van der Waals surface area contributed by atoms with Crippen molar-refractivity contribution < 1.29 is 9.84 Å². The molecular weight excluding hydrogens is 324 g/mol. The van der Waals surface area contributed by atoms with Crippen molar-refractivity contribution in [1.29, 1.82) is 0 Å². The minimum Gasteiger partial charge on any atom is -0.494 e. The molecule has 4 rings (SSSR count). The summed E-state index contributed by atoms with van der Waals surface area (Å²) in [5, 5.41) is 12.4. The standard InChI is InChI=1S/C22H22N2O2/c1-16(25)22-23-20-9-4-5-10-21(20)24(22)13-6-14-26-19-12-11-17-7-2-3-8-18(17)15-19/h2-5,7-12,15-16,25H,6,13-14H2,1H3/t16-/m0/s1. The summed E-state index contributed by atoms with van der Waals surface area (Å²) in [6.45, 7) is 3.13. The van der Waals surface area contributed by atoms with Gasteiger partial charge < -0.3 is 14.4 Å². The first kappa shape index (κ1) is 16.6. The van der Waals surface area contributed by atoms with E-state index in [2.05, 4.69) is 33.8 Å². The Kier molecular flexibility index (Phi) is 4.59. The Morgan fingerprint density at radius 3 is 2.62 bits per heavy atom. The summed E-state index contributed by atoms with van der Waals surface area (Å²) >= 11 is 0. The molecule has 0 amide bonds. The largest absolute Gasteiger partial charge is 0.494 e. The van der Waals surface area contributed by atoms with E-state index in [0.717, 1.165) is 29.7 Å². The van der Waals surface area contributed by atoms with E-state index in [9.17, 15) is 5.11 Å². The van der Waals surface area contributed by atoms with Gasteiger partial charge in [-0.3, -0.25) is 0 Å². The van der Waals surface area contributed by atoms with Crippen molar-refractivity contribution in [2.24, 2.45) is 0 Å². The maximum atomic E-state index is 10.0. The third-order valence-electron chi connectivity index (χ3n) is 4.57. The van der Waals surface area contributed by atoms with Gasteiger partial charge in [-0.1, -0.05) is 42.5 Å². The zero-order valence-corrected chi connectivity index (χ0v) is 14.8. The molecule has 4 nitrogen and oxygen atoms in total. The van der Waals surface area contributed by atoms with E-state index in [4.69, 9.17) is 4.74 Å². The number of ether oxygens (including phenoxy) is 1. The fraction of sp³-hybridized carbons (Fsp3) is 0.227. The van der Waals surface area contributed by atoms with Gasteiger partial charge in [0.05, 0.1) is 17.6 Å². The summed E-state index contributed by atoms with van der Waals surface area (Å²) < 4.78 is 8.02. The fourth-order valence-electron chi connectivity index (χ4n) is 3.32. The topological polar surface area (TPSA) is 47.3 Å². The molecule has 0 bridgehead atoms. The SMILES string of the molecule is C[C@H](O)c1nc2ccccc2n1CCCOc1ccc2ccccc2c1. The minimum atomic E-state index is -0.594. The van der Waals surface area contributed by atoms with Crippen LogP contribution in [-0.2, 0) is 6.54 Å². The van der Waals surface area contributed by atoms with Crippen LogP contribution < -0.4 is 4.74 Å². The van der Waals surface area contributed by atoms with E-state index >= 15 is 0 Å². The molecule has 0 aliphatic rings. The van der Waals surface area contributed by atoms with E-state index in [1.54, 1.807) is 6.92 Å².